The van der Waals surface area contributed by atoms with Crippen LogP contribution in [-0.2, 0) is 0 Å². The highest BCUT2D eigenvalue weighted by atomic mass is 35.5. The Balaban J connectivity index is 2.23. The van der Waals surface area contributed by atoms with Gasteiger partial charge in [0.15, 0.2) is 0 Å². The first kappa shape index (κ1) is 11.3. The molecule has 0 aliphatic heterocycles. The molecule has 0 bridgehead atoms. The molecule has 0 unspecified atom stereocenters. The average Bonchev–Trinajstić information content (AvgIpc) is 2.25. The zero-order valence-corrected chi connectivity index (χ0v) is 9.73. The molecule has 0 fully saturated rings. The number of rotatable bonds is 2. The predicted octanol–water partition coefficient (Wildman–Crippen LogP) is 4.34. The van der Waals surface area contributed by atoms with Crippen molar-refractivity contribution in [1.29, 1.82) is 0 Å². The number of aromatic hydroxyl groups is 1. The lowest BCUT2D eigenvalue weighted by Gasteiger charge is -2.03. The molecule has 1 N–H and O–H groups in total. The quantitative estimate of drug-likeness (QED) is 0.861. The molecule has 0 spiro atoms. The third-order valence-corrected chi connectivity index (χ3v) is 3.27. The van der Waals surface area contributed by atoms with E-state index >= 15 is 0 Å². The third-order valence-electron chi connectivity index (χ3n) is 1.96. The van der Waals surface area contributed by atoms with Gasteiger partial charge in [0.05, 0.1) is 0 Å². The molecule has 0 heterocycles. The fourth-order valence-corrected chi connectivity index (χ4v) is 2.15. The summed E-state index contributed by atoms with van der Waals surface area (Å²) in [5.74, 6) is -0.502. The molecule has 82 valence electrons. The standard InChI is InChI=1S/C12H8ClFOS/c13-8-1-4-10(5-2-8)16-12-6-3-9(15)7-11(12)14/h1-7,15H. The van der Waals surface area contributed by atoms with Gasteiger partial charge in [0, 0.05) is 20.9 Å². The molecule has 2 rings (SSSR count). The van der Waals surface area contributed by atoms with Crippen molar-refractivity contribution in [3.8, 4) is 5.75 Å². The van der Waals surface area contributed by atoms with Crippen molar-refractivity contribution in [2.45, 2.75) is 9.79 Å². The maximum absolute atomic E-state index is 13.4. The van der Waals surface area contributed by atoms with E-state index < -0.39 is 5.82 Å². The van der Waals surface area contributed by atoms with Crippen molar-refractivity contribution < 1.29 is 9.50 Å². The van der Waals surface area contributed by atoms with E-state index in [4.69, 9.17) is 16.7 Å². The number of hydrogen-bond donors (Lipinski definition) is 1. The molecular formula is C12H8ClFOS. The summed E-state index contributed by atoms with van der Waals surface area (Å²) >= 11 is 7.04. The van der Waals surface area contributed by atoms with Crippen molar-refractivity contribution in [3.63, 3.8) is 0 Å². The molecule has 2 aromatic carbocycles. The number of benzene rings is 2. The zero-order chi connectivity index (χ0) is 11.5. The minimum atomic E-state index is -0.431. The minimum absolute atomic E-state index is 0.0713. The molecule has 0 radical (unpaired) electrons. The predicted molar refractivity (Wildman–Crippen MR) is 63.6 cm³/mol. The highest BCUT2D eigenvalue weighted by Gasteiger charge is 2.05. The Morgan fingerprint density at radius 2 is 1.75 bits per heavy atom. The van der Waals surface area contributed by atoms with Gasteiger partial charge in [-0.2, -0.15) is 0 Å². The molecule has 1 nitrogen and oxygen atoms in total. The van der Waals surface area contributed by atoms with E-state index in [0.29, 0.717) is 9.92 Å². The van der Waals surface area contributed by atoms with Crippen LogP contribution in [0.25, 0.3) is 0 Å². The summed E-state index contributed by atoms with van der Waals surface area (Å²) < 4.78 is 13.4. The van der Waals surface area contributed by atoms with Crippen LogP contribution in [0.2, 0.25) is 5.02 Å². The van der Waals surface area contributed by atoms with Gasteiger partial charge in [0.1, 0.15) is 11.6 Å². The molecule has 0 aromatic heterocycles. The van der Waals surface area contributed by atoms with E-state index in [-0.39, 0.29) is 5.75 Å². The van der Waals surface area contributed by atoms with E-state index in [1.165, 1.54) is 17.8 Å². The van der Waals surface area contributed by atoms with Crippen LogP contribution >= 0.6 is 23.4 Å². The van der Waals surface area contributed by atoms with Crippen LogP contribution in [0.3, 0.4) is 0 Å². The Morgan fingerprint density at radius 3 is 2.38 bits per heavy atom. The van der Waals surface area contributed by atoms with Gasteiger partial charge in [0.25, 0.3) is 0 Å². The fourth-order valence-electron chi connectivity index (χ4n) is 1.20. The number of hydrogen-bond acceptors (Lipinski definition) is 2. The first-order valence-corrected chi connectivity index (χ1v) is 5.76. The second kappa shape index (κ2) is 4.76. The van der Waals surface area contributed by atoms with E-state index in [1.54, 1.807) is 18.2 Å². The highest BCUT2D eigenvalue weighted by molar-refractivity contribution is 7.99. The number of halogens is 2. The largest absolute Gasteiger partial charge is 0.508 e. The molecule has 0 aliphatic rings. The molecule has 0 amide bonds. The summed E-state index contributed by atoms with van der Waals surface area (Å²) in [7, 11) is 0. The SMILES string of the molecule is Oc1ccc(Sc2ccc(Cl)cc2)c(F)c1. The summed E-state index contributed by atoms with van der Waals surface area (Å²) in [6.07, 6.45) is 0. The zero-order valence-electron chi connectivity index (χ0n) is 8.15. The van der Waals surface area contributed by atoms with Gasteiger partial charge in [-0.1, -0.05) is 23.4 Å². The number of phenolic OH excluding ortho intramolecular Hbond substituents is 1. The third kappa shape index (κ3) is 2.68. The van der Waals surface area contributed by atoms with Crippen LogP contribution < -0.4 is 0 Å². The maximum Gasteiger partial charge on any atom is 0.140 e. The van der Waals surface area contributed by atoms with Crippen molar-refractivity contribution in [3.05, 3.63) is 53.3 Å². The smallest absolute Gasteiger partial charge is 0.140 e. The molecule has 2 aromatic rings. The second-order valence-electron chi connectivity index (χ2n) is 3.17. The van der Waals surface area contributed by atoms with E-state index in [1.807, 2.05) is 12.1 Å². The summed E-state index contributed by atoms with van der Waals surface area (Å²) in [6, 6.07) is 11.2. The lowest BCUT2D eigenvalue weighted by molar-refractivity contribution is 0.466. The van der Waals surface area contributed by atoms with Crippen molar-refractivity contribution in [2.75, 3.05) is 0 Å². The normalized spacial score (nSPS) is 10.4. The van der Waals surface area contributed by atoms with Crippen molar-refractivity contribution >= 4 is 23.4 Å². The highest BCUT2D eigenvalue weighted by Crippen LogP contribution is 2.31. The summed E-state index contributed by atoms with van der Waals surface area (Å²) in [5.41, 5.74) is 0. The Labute approximate surface area is 102 Å². The Bertz CT molecular complexity index is 499. The summed E-state index contributed by atoms with van der Waals surface area (Å²) in [6.45, 7) is 0. The molecule has 0 aliphatic carbocycles. The van der Waals surface area contributed by atoms with E-state index in [2.05, 4.69) is 0 Å². The first-order valence-electron chi connectivity index (χ1n) is 4.57. The van der Waals surface area contributed by atoms with Crippen molar-refractivity contribution in [2.24, 2.45) is 0 Å². The average molecular weight is 255 g/mol. The molecule has 4 heteroatoms. The molecule has 0 saturated carbocycles. The number of phenols is 1. The van der Waals surface area contributed by atoms with Gasteiger partial charge >= 0.3 is 0 Å². The monoisotopic (exact) mass is 254 g/mol. The van der Waals surface area contributed by atoms with Crippen LogP contribution in [-0.4, -0.2) is 5.11 Å². The maximum atomic E-state index is 13.4. The van der Waals surface area contributed by atoms with E-state index in [0.717, 1.165) is 11.0 Å². The van der Waals surface area contributed by atoms with Gasteiger partial charge in [0.2, 0.25) is 0 Å². The van der Waals surface area contributed by atoms with Gasteiger partial charge in [-0.05, 0) is 36.4 Å². The van der Waals surface area contributed by atoms with Crippen LogP contribution in [0.15, 0.2) is 52.3 Å². The van der Waals surface area contributed by atoms with E-state index in [9.17, 15) is 4.39 Å². The topological polar surface area (TPSA) is 20.2 Å². The van der Waals surface area contributed by atoms with Crippen LogP contribution in [0.5, 0.6) is 5.75 Å². The summed E-state index contributed by atoms with van der Waals surface area (Å²) in [4.78, 5) is 1.37. The molecule has 0 saturated heterocycles. The van der Waals surface area contributed by atoms with Crippen LogP contribution in [0.1, 0.15) is 0 Å². The fraction of sp³-hybridized carbons (Fsp3) is 0. The molecule has 0 atom stereocenters. The van der Waals surface area contributed by atoms with Gasteiger partial charge in [-0.3, -0.25) is 0 Å². The molecular weight excluding hydrogens is 247 g/mol. The van der Waals surface area contributed by atoms with Crippen LogP contribution in [0, 0.1) is 5.82 Å². The Morgan fingerprint density at radius 1 is 1.06 bits per heavy atom. The lowest BCUT2D eigenvalue weighted by atomic mass is 10.3. The minimum Gasteiger partial charge on any atom is -0.508 e. The first-order chi connectivity index (χ1) is 7.65. The summed E-state index contributed by atoms with van der Waals surface area (Å²) in [5, 5.41) is 9.72. The Hall–Kier alpha value is -1.19. The van der Waals surface area contributed by atoms with Crippen LogP contribution in [0.4, 0.5) is 4.39 Å². The lowest BCUT2D eigenvalue weighted by Crippen LogP contribution is -1.80. The van der Waals surface area contributed by atoms with Gasteiger partial charge in [-0.15, -0.1) is 0 Å². The van der Waals surface area contributed by atoms with Gasteiger partial charge < -0.3 is 5.11 Å². The molecule has 16 heavy (non-hydrogen) atoms. The van der Waals surface area contributed by atoms with Gasteiger partial charge in [-0.25, -0.2) is 4.39 Å². The van der Waals surface area contributed by atoms with Crippen molar-refractivity contribution in [1.82, 2.24) is 0 Å². The Kier molecular flexibility index (Phi) is 3.36. The second-order valence-corrected chi connectivity index (χ2v) is 4.72.